The number of carbonyl (C=O) groups is 2. The van der Waals surface area contributed by atoms with Gasteiger partial charge in [0.15, 0.2) is 0 Å². The molecule has 0 radical (unpaired) electrons. The number of amides is 2. The summed E-state index contributed by atoms with van der Waals surface area (Å²) in [6.45, 7) is 11.8. The van der Waals surface area contributed by atoms with Crippen LogP contribution in [0, 0.1) is 0 Å². The normalized spacial score (nSPS) is 14.8. The van der Waals surface area contributed by atoms with Crippen molar-refractivity contribution in [2.24, 2.45) is 5.73 Å². The largest absolute Gasteiger partial charge is 0.372 e. The number of aromatic nitrogens is 2. The monoisotopic (exact) mass is 515 g/mol. The molecule has 2 aromatic carbocycles. The molecular weight excluding hydrogens is 485 g/mol. The van der Waals surface area contributed by atoms with E-state index in [-0.39, 0.29) is 18.4 Å². The molecule has 9 heteroatoms. The van der Waals surface area contributed by atoms with Gasteiger partial charge < -0.3 is 15.5 Å². The molecule has 4 rings (SSSR count). The van der Waals surface area contributed by atoms with E-state index in [0.29, 0.717) is 29.7 Å². The van der Waals surface area contributed by atoms with E-state index >= 15 is 0 Å². The standard InChI is InChI=1S/C23H22Cl2N4O.C2H6.CH3NO/c1-3-17-13-28(9-10-29(17)22(30)4-2)23-19-11-18(15-5-7-16(24)8-6-15)20(25)12-21(19)26-14-27-23;1-2;2-1-3/h4-8,11-12,14,17H,2-3,9-10,13H2,1H3;1-2H3;1H,(H2,2,3). The molecule has 1 atom stereocenters. The molecule has 1 unspecified atom stereocenters. The average molecular weight is 516 g/mol. The zero-order chi connectivity index (χ0) is 26.0. The van der Waals surface area contributed by atoms with Crippen molar-refractivity contribution in [2.45, 2.75) is 33.2 Å². The fourth-order valence-corrected chi connectivity index (χ4v) is 4.36. The molecule has 0 aliphatic carbocycles. The zero-order valence-electron chi connectivity index (χ0n) is 20.2. The fourth-order valence-electron chi connectivity index (χ4n) is 3.97. The van der Waals surface area contributed by atoms with Crippen molar-refractivity contribution in [3.8, 4) is 11.1 Å². The minimum absolute atomic E-state index is 0.0224. The summed E-state index contributed by atoms with van der Waals surface area (Å²) in [6, 6.07) is 11.6. The lowest BCUT2D eigenvalue weighted by Gasteiger charge is -2.41. The molecule has 0 bridgehead atoms. The van der Waals surface area contributed by atoms with E-state index < -0.39 is 0 Å². The van der Waals surface area contributed by atoms with Gasteiger partial charge in [0.25, 0.3) is 0 Å². The van der Waals surface area contributed by atoms with E-state index in [1.807, 2.05) is 55.1 Å². The molecule has 1 aliphatic rings. The smallest absolute Gasteiger partial charge is 0.246 e. The summed E-state index contributed by atoms with van der Waals surface area (Å²) in [7, 11) is 0. The highest BCUT2D eigenvalue weighted by Crippen LogP contribution is 2.35. The summed E-state index contributed by atoms with van der Waals surface area (Å²) in [5.74, 6) is 0.835. The van der Waals surface area contributed by atoms with Gasteiger partial charge in [-0.15, -0.1) is 0 Å². The first-order valence-electron chi connectivity index (χ1n) is 11.5. The first-order valence-corrected chi connectivity index (χ1v) is 12.2. The van der Waals surface area contributed by atoms with Gasteiger partial charge in [-0.2, -0.15) is 0 Å². The highest BCUT2D eigenvalue weighted by molar-refractivity contribution is 6.34. The van der Waals surface area contributed by atoms with Crippen LogP contribution in [0.4, 0.5) is 5.82 Å². The Balaban J connectivity index is 0.000000803. The van der Waals surface area contributed by atoms with Gasteiger partial charge in [-0.05, 0) is 42.3 Å². The fraction of sp³-hybridized carbons (Fsp3) is 0.308. The minimum atomic E-state index is -0.0224. The quantitative estimate of drug-likeness (QED) is 0.373. The molecule has 2 amide bonds. The predicted molar refractivity (Wildman–Crippen MR) is 145 cm³/mol. The second kappa shape index (κ2) is 13.7. The van der Waals surface area contributed by atoms with Crippen molar-refractivity contribution >= 4 is 52.2 Å². The topological polar surface area (TPSA) is 92.4 Å². The summed E-state index contributed by atoms with van der Waals surface area (Å²) >= 11 is 12.6. The lowest BCUT2D eigenvalue weighted by molar-refractivity contribution is -0.128. The Bertz CT molecular complexity index is 1150. The summed E-state index contributed by atoms with van der Waals surface area (Å²) < 4.78 is 0. The SMILES string of the molecule is C=CC(=O)N1CCN(c2ncnc3cc(Cl)c(-c4ccc(Cl)cc4)cc23)CC1CC.CC.NC=O. The number of anilines is 1. The molecule has 3 aromatic rings. The van der Waals surface area contributed by atoms with Gasteiger partial charge in [0.2, 0.25) is 12.3 Å². The van der Waals surface area contributed by atoms with E-state index in [0.717, 1.165) is 34.3 Å². The number of hydrogen-bond donors (Lipinski definition) is 1. The third kappa shape index (κ3) is 6.71. The Morgan fingerprint density at radius 2 is 1.83 bits per heavy atom. The molecule has 2 N–H and O–H groups in total. The van der Waals surface area contributed by atoms with Crippen LogP contribution in [0.15, 0.2) is 55.4 Å². The number of nitrogens with zero attached hydrogens (tertiary/aromatic N) is 4. The van der Waals surface area contributed by atoms with Crippen LogP contribution < -0.4 is 10.6 Å². The van der Waals surface area contributed by atoms with Crippen molar-refractivity contribution in [1.82, 2.24) is 14.9 Å². The Kier molecular flexibility index (Phi) is 11.0. The molecule has 186 valence electrons. The van der Waals surface area contributed by atoms with Crippen molar-refractivity contribution < 1.29 is 9.59 Å². The maximum atomic E-state index is 12.2. The Labute approximate surface area is 216 Å². The number of carbonyl (C=O) groups excluding carboxylic acids is 2. The Hall–Kier alpha value is -3.16. The van der Waals surface area contributed by atoms with Crippen molar-refractivity contribution in [3.05, 3.63) is 65.4 Å². The number of hydrogen-bond acceptors (Lipinski definition) is 5. The number of fused-ring (bicyclic) bond motifs is 1. The number of primary amides is 1. The van der Waals surface area contributed by atoms with Gasteiger partial charge in [0, 0.05) is 41.6 Å². The maximum Gasteiger partial charge on any atom is 0.246 e. The second-order valence-electron chi connectivity index (χ2n) is 7.43. The predicted octanol–water partition coefficient (Wildman–Crippen LogP) is 5.34. The second-order valence-corrected chi connectivity index (χ2v) is 8.28. The molecule has 0 spiro atoms. The molecule has 1 saturated heterocycles. The first kappa shape index (κ1) is 28.1. The molecule has 1 aromatic heterocycles. The molecular formula is C26H31Cl2N5O2. The maximum absolute atomic E-state index is 12.2. The van der Waals surface area contributed by atoms with Crippen LogP contribution in [0.2, 0.25) is 10.0 Å². The van der Waals surface area contributed by atoms with Crippen molar-refractivity contribution in [1.29, 1.82) is 0 Å². The number of benzene rings is 2. The highest BCUT2D eigenvalue weighted by Gasteiger charge is 2.29. The van der Waals surface area contributed by atoms with E-state index in [1.165, 1.54) is 6.08 Å². The van der Waals surface area contributed by atoms with Gasteiger partial charge in [0.05, 0.1) is 10.5 Å². The third-order valence-electron chi connectivity index (χ3n) is 5.57. The summed E-state index contributed by atoms with van der Waals surface area (Å²) in [4.78, 5) is 33.9. The van der Waals surface area contributed by atoms with Gasteiger partial charge in [-0.1, -0.05) is 62.7 Å². The molecule has 7 nitrogen and oxygen atoms in total. The lowest BCUT2D eigenvalue weighted by atomic mass is 10.0. The zero-order valence-corrected chi connectivity index (χ0v) is 21.8. The van der Waals surface area contributed by atoms with Gasteiger partial charge in [-0.25, -0.2) is 9.97 Å². The van der Waals surface area contributed by atoms with E-state index in [1.54, 1.807) is 6.33 Å². The van der Waals surface area contributed by atoms with E-state index in [4.69, 9.17) is 28.0 Å². The van der Waals surface area contributed by atoms with Crippen LogP contribution in [0.3, 0.4) is 0 Å². The number of piperazine rings is 1. The Morgan fingerprint density at radius 3 is 2.43 bits per heavy atom. The van der Waals surface area contributed by atoms with E-state index in [2.05, 4.69) is 34.1 Å². The summed E-state index contributed by atoms with van der Waals surface area (Å²) in [5, 5.41) is 2.24. The summed E-state index contributed by atoms with van der Waals surface area (Å²) in [5.41, 5.74) is 6.85. The molecule has 2 heterocycles. The van der Waals surface area contributed by atoms with Crippen LogP contribution >= 0.6 is 23.2 Å². The lowest BCUT2D eigenvalue weighted by Crippen LogP contribution is -2.55. The van der Waals surface area contributed by atoms with Crippen LogP contribution in [0.1, 0.15) is 27.2 Å². The van der Waals surface area contributed by atoms with Gasteiger partial charge in [0.1, 0.15) is 12.1 Å². The molecule has 35 heavy (non-hydrogen) atoms. The molecule has 0 saturated carbocycles. The highest BCUT2D eigenvalue weighted by atomic mass is 35.5. The first-order chi connectivity index (χ1) is 16.9. The van der Waals surface area contributed by atoms with Gasteiger partial charge >= 0.3 is 0 Å². The molecule has 1 fully saturated rings. The van der Waals surface area contributed by atoms with Crippen molar-refractivity contribution in [3.63, 3.8) is 0 Å². The minimum Gasteiger partial charge on any atom is -0.372 e. The van der Waals surface area contributed by atoms with Crippen LogP contribution in [-0.2, 0) is 9.59 Å². The van der Waals surface area contributed by atoms with Crippen LogP contribution in [0.25, 0.3) is 22.0 Å². The van der Waals surface area contributed by atoms with Crippen LogP contribution in [0.5, 0.6) is 0 Å². The number of nitrogens with two attached hydrogens (primary N) is 1. The molecule has 1 aliphatic heterocycles. The van der Waals surface area contributed by atoms with E-state index in [9.17, 15) is 4.79 Å². The van der Waals surface area contributed by atoms with Crippen LogP contribution in [-0.4, -0.2) is 52.9 Å². The third-order valence-corrected chi connectivity index (χ3v) is 6.13. The average Bonchev–Trinajstić information content (AvgIpc) is 2.89. The number of halogens is 2. The van der Waals surface area contributed by atoms with Crippen molar-refractivity contribution in [2.75, 3.05) is 24.5 Å². The summed E-state index contributed by atoms with van der Waals surface area (Å²) in [6.07, 6.45) is 4.07. The number of rotatable bonds is 4. The Morgan fingerprint density at radius 1 is 1.17 bits per heavy atom. The van der Waals surface area contributed by atoms with Gasteiger partial charge in [-0.3, -0.25) is 9.59 Å².